The number of hydrogen-bond donors (Lipinski definition) is 1. The van der Waals surface area contributed by atoms with Crippen molar-refractivity contribution >= 4 is 5.97 Å². The third-order valence-electron chi connectivity index (χ3n) is 4.18. The molecule has 4 nitrogen and oxygen atoms in total. The molecular formula is C19H17F3O4. The second-order valence-corrected chi connectivity index (χ2v) is 6.36. The van der Waals surface area contributed by atoms with E-state index in [4.69, 9.17) is 9.84 Å². The molecule has 0 saturated heterocycles. The maximum atomic E-state index is 12.4. The minimum Gasteiger partial charge on any atom is -0.493 e. The predicted molar refractivity (Wildman–Crippen MR) is 88.0 cm³/mol. The van der Waals surface area contributed by atoms with Gasteiger partial charge in [0.25, 0.3) is 0 Å². The number of carboxylic acid groups (broad SMARTS) is 1. The molecule has 3 rings (SSSR count). The average molecular weight is 366 g/mol. The second-order valence-electron chi connectivity index (χ2n) is 6.36. The van der Waals surface area contributed by atoms with Crippen molar-refractivity contribution in [3.63, 3.8) is 0 Å². The van der Waals surface area contributed by atoms with Gasteiger partial charge in [-0.2, -0.15) is 0 Å². The second kappa shape index (κ2) is 6.90. The van der Waals surface area contributed by atoms with E-state index in [-0.39, 0.29) is 17.6 Å². The molecule has 2 atom stereocenters. The third-order valence-corrected chi connectivity index (χ3v) is 4.18. The Bertz CT molecular complexity index is 799. The van der Waals surface area contributed by atoms with E-state index in [1.54, 1.807) is 37.3 Å². The van der Waals surface area contributed by atoms with Gasteiger partial charge in [-0.3, -0.25) is 4.79 Å². The molecule has 26 heavy (non-hydrogen) atoms. The van der Waals surface area contributed by atoms with Crippen molar-refractivity contribution in [2.75, 3.05) is 6.61 Å². The van der Waals surface area contributed by atoms with Gasteiger partial charge < -0.3 is 14.6 Å². The normalized spacial score (nSPS) is 19.1. The van der Waals surface area contributed by atoms with Crippen LogP contribution in [0.15, 0.2) is 42.5 Å². The van der Waals surface area contributed by atoms with Crippen molar-refractivity contribution in [3.05, 3.63) is 48.0 Å². The largest absolute Gasteiger partial charge is 0.573 e. The molecular weight excluding hydrogens is 349 g/mol. The lowest BCUT2D eigenvalue weighted by atomic mass is 10.0. The Morgan fingerprint density at radius 2 is 1.81 bits per heavy atom. The number of carboxylic acids is 1. The molecule has 2 aromatic carbocycles. The Kier molecular flexibility index (Phi) is 4.80. The van der Waals surface area contributed by atoms with E-state index in [2.05, 4.69) is 4.74 Å². The van der Waals surface area contributed by atoms with Crippen LogP contribution in [0.2, 0.25) is 0 Å². The average Bonchev–Trinajstić information content (AvgIpc) is 3.31. The topological polar surface area (TPSA) is 55.8 Å². The lowest BCUT2D eigenvalue weighted by Gasteiger charge is -2.12. The monoisotopic (exact) mass is 366 g/mol. The van der Waals surface area contributed by atoms with Crippen molar-refractivity contribution in [2.45, 2.75) is 19.7 Å². The van der Waals surface area contributed by atoms with Crippen LogP contribution in [-0.2, 0) is 4.79 Å². The number of halogens is 3. The maximum absolute atomic E-state index is 12.4. The van der Waals surface area contributed by atoms with Crippen molar-refractivity contribution in [1.82, 2.24) is 0 Å². The zero-order chi connectivity index (χ0) is 18.9. The zero-order valence-electron chi connectivity index (χ0n) is 13.9. The fourth-order valence-electron chi connectivity index (χ4n) is 2.79. The molecule has 0 heterocycles. The van der Waals surface area contributed by atoms with Gasteiger partial charge >= 0.3 is 12.3 Å². The summed E-state index contributed by atoms with van der Waals surface area (Å²) in [5.74, 6) is -0.768. The molecule has 1 N–H and O–H groups in total. The minimum absolute atomic E-state index is 0.0334. The highest BCUT2D eigenvalue weighted by atomic mass is 19.4. The van der Waals surface area contributed by atoms with Gasteiger partial charge in [-0.1, -0.05) is 18.2 Å². The van der Waals surface area contributed by atoms with Crippen LogP contribution in [-0.4, -0.2) is 24.0 Å². The first kappa shape index (κ1) is 18.1. The van der Waals surface area contributed by atoms with Gasteiger partial charge in [0.05, 0.1) is 12.5 Å². The van der Waals surface area contributed by atoms with Gasteiger partial charge in [-0.05, 0) is 54.3 Å². The molecule has 7 heteroatoms. The summed E-state index contributed by atoms with van der Waals surface area (Å²) >= 11 is 0. The first-order valence-corrected chi connectivity index (χ1v) is 8.05. The van der Waals surface area contributed by atoms with Crippen molar-refractivity contribution in [3.8, 4) is 22.6 Å². The minimum atomic E-state index is -4.74. The molecule has 1 aliphatic rings. The number of benzene rings is 2. The number of aryl methyl sites for hydroxylation is 1. The number of rotatable bonds is 6. The van der Waals surface area contributed by atoms with Crippen LogP contribution >= 0.6 is 0 Å². The highest BCUT2D eigenvalue weighted by Gasteiger charge is 2.43. The lowest BCUT2D eigenvalue weighted by Crippen LogP contribution is -2.17. The van der Waals surface area contributed by atoms with Gasteiger partial charge in [0.15, 0.2) is 0 Å². The number of hydrogen-bond acceptors (Lipinski definition) is 3. The predicted octanol–water partition coefficient (Wildman–Crippen LogP) is 4.66. The highest BCUT2D eigenvalue weighted by molar-refractivity contribution is 5.73. The molecule has 0 aliphatic heterocycles. The van der Waals surface area contributed by atoms with Gasteiger partial charge in [-0.25, -0.2) is 0 Å². The van der Waals surface area contributed by atoms with Crippen LogP contribution in [0.1, 0.15) is 12.0 Å². The summed E-state index contributed by atoms with van der Waals surface area (Å²) in [4.78, 5) is 10.8. The first-order chi connectivity index (χ1) is 12.2. The molecule has 138 valence electrons. The van der Waals surface area contributed by atoms with Crippen molar-refractivity contribution in [1.29, 1.82) is 0 Å². The summed E-state index contributed by atoms with van der Waals surface area (Å²) in [6.45, 7) is 2.03. The molecule has 0 radical (unpaired) electrons. The lowest BCUT2D eigenvalue weighted by molar-refractivity contribution is -0.274. The van der Waals surface area contributed by atoms with Crippen molar-refractivity contribution < 1.29 is 32.5 Å². The number of carbonyl (C=O) groups is 1. The Morgan fingerprint density at radius 1 is 1.12 bits per heavy atom. The van der Waals surface area contributed by atoms with Crippen LogP contribution < -0.4 is 9.47 Å². The van der Waals surface area contributed by atoms with E-state index in [0.29, 0.717) is 29.9 Å². The SMILES string of the molecule is Cc1cc(OC(F)(F)F)cc(-c2ccc(OCC3CC3C(=O)O)cc2)c1. The Balaban J connectivity index is 1.67. The van der Waals surface area contributed by atoms with E-state index in [0.717, 1.165) is 5.56 Å². The van der Waals surface area contributed by atoms with Crippen LogP contribution in [0.4, 0.5) is 13.2 Å². The molecule has 0 aromatic heterocycles. The fraction of sp³-hybridized carbons (Fsp3) is 0.316. The van der Waals surface area contributed by atoms with E-state index in [1.807, 2.05) is 0 Å². The van der Waals surface area contributed by atoms with E-state index >= 15 is 0 Å². The van der Waals surface area contributed by atoms with Crippen LogP contribution in [0.3, 0.4) is 0 Å². The molecule has 2 unspecified atom stereocenters. The number of aliphatic carboxylic acids is 1. The molecule has 0 amide bonds. The molecule has 0 bridgehead atoms. The number of alkyl halides is 3. The van der Waals surface area contributed by atoms with Crippen LogP contribution in [0.25, 0.3) is 11.1 Å². The molecule has 1 saturated carbocycles. The standard InChI is InChI=1S/C19H17F3O4/c1-11-6-13(8-16(7-11)26-19(20,21)22)12-2-4-15(5-3-12)25-10-14-9-17(14)18(23)24/h2-8,14,17H,9-10H2,1H3,(H,23,24). The van der Waals surface area contributed by atoms with E-state index in [9.17, 15) is 18.0 Å². The fourth-order valence-corrected chi connectivity index (χ4v) is 2.79. The summed E-state index contributed by atoms with van der Waals surface area (Å²) in [5.41, 5.74) is 1.97. The van der Waals surface area contributed by atoms with Crippen LogP contribution in [0.5, 0.6) is 11.5 Å². The molecule has 0 spiro atoms. The summed E-state index contributed by atoms with van der Waals surface area (Å²) in [6.07, 6.45) is -4.11. The van der Waals surface area contributed by atoms with E-state index < -0.39 is 12.3 Å². The number of ether oxygens (including phenoxy) is 2. The van der Waals surface area contributed by atoms with E-state index in [1.165, 1.54) is 12.1 Å². The Labute approximate surface area is 148 Å². The first-order valence-electron chi connectivity index (χ1n) is 8.05. The smallest absolute Gasteiger partial charge is 0.493 e. The Morgan fingerprint density at radius 3 is 2.38 bits per heavy atom. The van der Waals surface area contributed by atoms with Crippen molar-refractivity contribution in [2.24, 2.45) is 11.8 Å². The summed E-state index contributed by atoms with van der Waals surface area (Å²) < 4.78 is 46.8. The van der Waals surface area contributed by atoms with Gasteiger partial charge in [-0.15, -0.1) is 13.2 Å². The maximum Gasteiger partial charge on any atom is 0.573 e. The third kappa shape index (κ3) is 4.68. The van der Waals surface area contributed by atoms with Crippen LogP contribution in [0, 0.1) is 18.8 Å². The highest BCUT2D eigenvalue weighted by Crippen LogP contribution is 2.39. The zero-order valence-corrected chi connectivity index (χ0v) is 13.9. The van der Waals surface area contributed by atoms with Gasteiger partial charge in [0.1, 0.15) is 11.5 Å². The molecule has 2 aromatic rings. The Hall–Kier alpha value is -2.70. The van der Waals surface area contributed by atoms with Gasteiger partial charge in [0, 0.05) is 5.92 Å². The van der Waals surface area contributed by atoms with Gasteiger partial charge in [0.2, 0.25) is 0 Å². The molecule has 1 aliphatic carbocycles. The quantitative estimate of drug-likeness (QED) is 0.808. The summed E-state index contributed by atoms with van der Waals surface area (Å²) in [7, 11) is 0. The summed E-state index contributed by atoms with van der Waals surface area (Å²) in [5, 5.41) is 8.86. The summed E-state index contributed by atoms with van der Waals surface area (Å²) in [6, 6.07) is 11.3. The molecule has 1 fully saturated rings.